The van der Waals surface area contributed by atoms with E-state index in [4.69, 9.17) is 5.11 Å². The maximum Gasteiger partial charge on any atom is 0.337 e. The van der Waals surface area contributed by atoms with E-state index in [1.807, 2.05) is 19.0 Å². The van der Waals surface area contributed by atoms with Gasteiger partial charge >= 0.3 is 11.7 Å². The predicted octanol–water partition coefficient (Wildman–Crippen LogP) is 0.828. The standard InChI is InChI=1S/C12H16N4O4/c1-14(2)9-3-4-15(7-9)11-10(16(19)20)5-8(6-13-11)12(17)18/h5-6,9H,3-4,7H2,1-2H3,(H,17,18). The first-order valence-electron chi connectivity index (χ1n) is 6.19. The fourth-order valence-electron chi connectivity index (χ4n) is 2.30. The number of nitro groups is 1. The molecule has 1 fully saturated rings. The Hall–Kier alpha value is -2.22. The molecule has 1 saturated heterocycles. The molecule has 0 radical (unpaired) electrons. The van der Waals surface area contributed by atoms with Crippen LogP contribution in [0.4, 0.5) is 11.5 Å². The van der Waals surface area contributed by atoms with Crippen molar-refractivity contribution in [1.82, 2.24) is 9.88 Å². The van der Waals surface area contributed by atoms with E-state index >= 15 is 0 Å². The highest BCUT2D eigenvalue weighted by molar-refractivity contribution is 5.88. The first kappa shape index (κ1) is 14.2. The van der Waals surface area contributed by atoms with Crippen molar-refractivity contribution in [3.63, 3.8) is 0 Å². The van der Waals surface area contributed by atoms with Crippen LogP contribution >= 0.6 is 0 Å². The Balaban J connectivity index is 2.32. The lowest BCUT2D eigenvalue weighted by Crippen LogP contribution is -2.32. The third-order valence-electron chi connectivity index (χ3n) is 3.48. The van der Waals surface area contributed by atoms with Crippen LogP contribution in [0.1, 0.15) is 16.8 Å². The summed E-state index contributed by atoms with van der Waals surface area (Å²) in [4.78, 5) is 29.3. The summed E-state index contributed by atoms with van der Waals surface area (Å²) in [5.41, 5.74) is -0.437. The number of anilines is 1. The first-order valence-corrected chi connectivity index (χ1v) is 6.19. The maximum absolute atomic E-state index is 11.1. The molecule has 20 heavy (non-hydrogen) atoms. The molecule has 1 aromatic rings. The van der Waals surface area contributed by atoms with Crippen molar-refractivity contribution in [2.75, 3.05) is 32.1 Å². The summed E-state index contributed by atoms with van der Waals surface area (Å²) in [6.07, 6.45) is 2.06. The van der Waals surface area contributed by atoms with Crippen LogP contribution in [0, 0.1) is 10.1 Å². The number of aromatic carboxylic acids is 1. The average Bonchev–Trinajstić information content (AvgIpc) is 2.87. The second-order valence-corrected chi connectivity index (χ2v) is 4.98. The molecular weight excluding hydrogens is 264 g/mol. The van der Waals surface area contributed by atoms with Gasteiger partial charge in [0.1, 0.15) is 0 Å². The van der Waals surface area contributed by atoms with E-state index in [1.165, 1.54) is 0 Å². The number of carboxylic acids is 1. The Bertz CT molecular complexity index is 546. The van der Waals surface area contributed by atoms with Gasteiger partial charge in [0.2, 0.25) is 5.82 Å². The van der Waals surface area contributed by atoms with Crippen molar-refractivity contribution in [1.29, 1.82) is 0 Å². The summed E-state index contributed by atoms with van der Waals surface area (Å²) in [6.45, 7) is 1.32. The van der Waals surface area contributed by atoms with E-state index < -0.39 is 10.9 Å². The van der Waals surface area contributed by atoms with Gasteiger partial charge in [-0.25, -0.2) is 9.78 Å². The lowest BCUT2D eigenvalue weighted by atomic mass is 10.2. The number of hydrogen-bond donors (Lipinski definition) is 1. The zero-order valence-corrected chi connectivity index (χ0v) is 11.3. The highest BCUT2D eigenvalue weighted by atomic mass is 16.6. The van der Waals surface area contributed by atoms with Crippen LogP contribution in [0.25, 0.3) is 0 Å². The first-order chi connectivity index (χ1) is 9.40. The normalized spacial score (nSPS) is 18.6. The lowest BCUT2D eigenvalue weighted by molar-refractivity contribution is -0.384. The Morgan fingerprint density at radius 2 is 2.30 bits per heavy atom. The highest BCUT2D eigenvalue weighted by Gasteiger charge is 2.30. The molecule has 1 unspecified atom stereocenters. The molecule has 0 amide bonds. The summed E-state index contributed by atoms with van der Waals surface area (Å²) in [5, 5.41) is 20.0. The molecule has 8 heteroatoms. The van der Waals surface area contributed by atoms with Crippen LogP contribution in [0.3, 0.4) is 0 Å². The lowest BCUT2D eigenvalue weighted by Gasteiger charge is -2.20. The van der Waals surface area contributed by atoms with Crippen molar-refractivity contribution in [2.24, 2.45) is 0 Å². The average molecular weight is 280 g/mol. The molecule has 2 heterocycles. The minimum absolute atomic E-state index is 0.177. The van der Waals surface area contributed by atoms with Crippen LogP contribution in [-0.2, 0) is 0 Å². The van der Waals surface area contributed by atoms with Crippen molar-refractivity contribution < 1.29 is 14.8 Å². The zero-order valence-electron chi connectivity index (χ0n) is 11.3. The van der Waals surface area contributed by atoms with E-state index in [2.05, 4.69) is 9.88 Å². The molecule has 0 saturated carbocycles. The van der Waals surface area contributed by atoms with E-state index in [0.29, 0.717) is 19.1 Å². The molecule has 0 bridgehead atoms. The van der Waals surface area contributed by atoms with Gasteiger partial charge in [0.25, 0.3) is 0 Å². The van der Waals surface area contributed by atoms with E-state index in [-0.39, 0.29) is 17.1 Å². The summed E-state index contributed by atoms with van der Waals surface area (Å²) in [6, 6.07) is 1.38. The number of aromatic nitrogens is 1. The summed E-state index contributed by atoms with van der Waals surface area (Å²) in [5.74, 6) is -0.982. The Morgan fingerprint density at radius 1 is 1.60 bits per heavy atom. The van der Waals surface area contributed by atoms with Gasteiger partial charge in [-0.15, -0.1) is 0 Å². The van der Waals surface area contributed by atoms with Crippen LogP contribution in [0.2, 0.25) is 0 Å². The number of nitrogens with zero attached hydrogens (tertiary/aromatic N) is 4. The van der Waals surface area contributed by atoms with E-state index in [0.717, 1.165) is 18.7 Å². The second kappa shape index (κ2) is 5.41. The van der Waals surface area contributed by atoms with Crippen LogP contribution in [-0.4, -0.2) is 59.1 Å². The van der Waals surface area contributed by atoms with Gasteiger partial charge in [0.05, 0.1) is 10.5 Å². The molecule has 1 aliphatic heterocycles. The maximum atomic E-state index is 11.1. The quantitative estimate of drug-likeness (QED) is 0.644. The number of pyridine rings is 1. The Morgan fingerprint density at radius 3 is 2.80 bits per heavy atom. The Kier molecular flexibility index (Phi) is 3.84. The van der Waals surface area contributed by atoms with Crippen molar-refractivity contribution in [3.05, 3.63) is 27.9 Å². The molecule has 1 aromatic heterocycles. The van der Waals surface area contributed by atoms with Gasteiger partial charge < -0.3 is 14.9 Å². The monoisotopic (exact) mass is 280 g/mol. The molecule has 108 valence electrons. The minimum Gasteiger partial charge on any atom is -0.478 e. The third-order valence-corrected chi connectivity index (χ3v) is 3.48. The largest absolute Gasteiger partial charge is 0.478 e. The number of likely N-dealkylation sites (N-methyl/N-ethyl adjacent to an activating group) is 1. The smallest absolute Gasteiger partial charge is 0.337 e. The van der Waals surface area contributed by atoms with Gasteiger partial charge in [-0.2, -0.15) is 0 Å². The molecule has 1 aliphatic rings. The van der Waals surface area contributed by atoms with Gasteiger partial charge in [-0.05, 0) is 20.5 Å². The second-order valence-electron chi connectivity index (χ2n) is 4.98. The molecular formula is C12H16N4O4. The van der Waals surface area contributed by atoms with Gasteiger partial charge in [0, 0.05) is 31.4 Å². The SMILES string of the molecule is CN(C)C1CCN(c2ncc(C(=O)O)cc2[N+](=O)[O-])C1. The number of hydrogen-bond acceptors (Lipinski definition) is 6. The third kappa shape index (κ3) is 2.69. The molecule has 1 N–H and O–H groups in total. The highest BCUT2D eigenvalue weighted by Crippen LogP contribution is 2.29. The van der Waals surface area contributed by atoms with Gasteiger partial charge in [-0.3, -0.25) is 10.1 Å². The number of carbonyl (C=O) groups is 1. The molecule has 0 spiro atoms. The summed E-state index contributed by atoms with van der Waals surface area (Å²) in [7, 11) is 3.92. The molecule has 0 aliphatic carbocycles. The molecule has 0 aromatic carbocycles. The van der Waals surface area contributed by atoms with E-state index in [1.54, 1.807) is 0 Å². The molecule has 2 rings (SSSR count). The zero-order chi connectivity index (χ0) is 14.9. The van der Waals surface area contributed by atoms with Crippen LogP contribution in [0.15, 0.2) is 12.3 Å². The van der Waals surface area contributed by atoms with Crippen molar-refractivity contribution in [2.45, 2.75) is 12.5 Å². The van der Waals surface area contributed by atoms with Gasteiger partial charge in [-0.1, -0.05) is 0 Å². The van der Waals surface area contributed by atoms with Crippen LogP contribution < -0.4 is 4.90 Å². The van der Waals surface area contributed by atoms with E-state index in [9.17, 15) is 14.9 Å². The van der Waals surface area contributed by atoms with Crippen molar-refractivity contribution >= 4 is 17.5 Å². The van der Waals surface area contributed by atoms with Gasteiger partial charge in [0.15, 0.2) is 0 Å². The molecule has 8 nitrogen and oxygen atoms in total. The fraction of sp³-hybridized carbons (Fsp3) is 0.500. The Labute approximate surface area is 115 Å². The molecule has 1 atom stereocenters. The van der Waals surface area contributed by atoms with Crippen molar-refractivity contribution in [3.8, 4) is 0 Å². The fourth-order valence-corrected chi connectivity index (χ4v) is 2.30. The number of carboxylic acid groups (broad SMARTS) is 1. The number of rotatable bonds is 4. The minimum atomic E-state index is -1.22. The predicted molar refractivity (Wildman–Crippen MR) is 72.2 cm³/mol. The summed E-state index contributed by atoms with van der Waals surface area (Å²) >= 11 is 0. The van der Waals surface area contributed by atoms with Crippen LogP contribution in [0.5, 0.6) is 0 Å². The topological polar surface area (TPSA) is 99.8 Å². The summed E-state index contributed by atoms with van der Waals surface area (Å²) < 4.78 is 0.